The van der Waals surface area contributed by atoms with Gasteiger partial charge in [-0.25, -0.2) is 0 Å². The van der Waals surface area contributed by atoms with E-state index < -0.39 is 11.7 Å². The van der Waals surface area contributed by atoms with E-state index in [4.69, 9.17) is 4.74 Å². The second-order valence-corrected chi connectivity index (χ2v) is 7.85. The zero-order valence-electron chi connectivity index (χ0n) is 15.7. The van der Waals surface area contributed by atoms with Crippen LogP contribution in [-0.4, -0.2) is 34.0 Å². The number of hydrogen-bond donors (Lipinski definition) is 2. The molecule has 1 fully saturated rings. The number of ether oxygens (including phenoxy) is 1. The Morgan fingerprint density at radius 3 is 2.92 bits per heavy atom. The highest BCUT2D eigenvalue weighted by Gasteiger charge is 2.42. The molecule has 0 aromatic rings. The fraction of sp³-hybridized carbons (Fsp3) is 0.762. The molecular formula is C21H34O4. The summed E-state index contributed by atoms with van der Waals surface area (Å²) in [7, 11) is 0. The number of aliphatic hydroxyl groups is 2. The SMILES string of the molecule is CCCCC[C@](C)(O)/C=C/[C@@H]1[C@H]2CC=CCCCC(=O)O[C@@H]1C[C@@H]2O. The molecule has 0 unspecified atom stereocenters. The van der Waals surface area contributed by atoms with Crippen molar-refractivity contribution >= 4 is 5.97 Å². The van der Waals surface area contributed by atoms with Crippen LogP contribution in [0, 0.1) is 11.8 Å². The van der Waals surface area contributed by atoms with Gasteiger partial charge in [0, 0.05) is 18.8 Å². The molecule has 5 atom stereocenters. The summed E-state index contributed by atoms with van der Waals surface area (Å²) in [5.41, 5.74) is -0.856. The van der Waals surface area contributed by atoms with Crippen LogP contribution in [0.3, 0.4) is 0 Å². The van der Waals surface area contributed by atoms with Gasteiger partial charge in [0.2, 0.25) is 0 Å². The van der Waals surface area contributed by atoms with Gasteiger partial charge in [0.15, 0.2) is 0 Å². The van der Waals surface area contributed by atoms with E-state index in [9.17, 15) is 15.0 Å². The molecule has 4 nitrogen and oxygen atoms in total. The Labute approximate surface area is 152 Å². The minimum Gasteiger partial charge on any atom is -0.462 e. The second kappa shape index (κ2) is 9.54. The molecule has 2 rings (SSSR count). The molecule has 0 amide bonds. The summed E-state index contributed by atoms with van der Waals surface area (Å²) in [5.74, 6) is -0.185. The maximum Gasteiger partial charge on any atom is 0.306 e. The van der Waals surface area contributed by atoms with Crippen molar-refractivity contribution in [2.24, 2.45) is 11.8 Å². The van der Waals surface area contributed by atoms with Crippen LogP contribution in [0.2, 0.25) is 0 Å². The number of carbonyl (C=O) groups excluding carboxylic acids is 1. The first-order valence-corrected chi connectivity index (χ1v) is 9.87. The van der Waals surface area contributed by atoms with Crippen molar-refractivity contribution in [2.45, 2.75) is 89.4 Å². The van der Waals surface area contributed by atoms with Crippen molar-refractivity contribution in [3.05, 3.63) is 24.3 Å². The highest BCUT2D eigenvalue weighted by atomic mass is 16.5. The molecule has 1 aliphatic carbocycles. The van der Waals surface area contributed by atoms with Crippen molar-refractivity contribution < 1.29 is 19.7 Å². The zero-order chi connectivity index (χ0) is 18.3. The Balaban J connectivity index is 2.11. The Morgan fingerprint density at radius 1 is 1.36 bits per heavy atom. The number of aliphatic hydroxyl groups excluding tert-OH is 1. The number of hydrogen-bond acceptors (Lipinski definition) is 4. The van der Waals surface area contributed by atoms with E-state index in [0.717, 1.165) is 44.9 Å². The van der Waals surface area contributed by atoms with E-state index >= 15 is 0 Å². The second-order valence-electron chi connectivity index (χ2n) is 7.85. The number of carbonyl (C=O) groups is 1. The van der Waals surface area contributed by atoms with Gasteiger partial charge in [0.25, 0.3) is 0 Å². The van der Waals surface area contributed by atoms with E-state index in [1.807, 2.05) is 19.1 Å². The van der Waals surface area contributed by atoms with E-state index in [0.29, 0.717) is 12.8 Å². The lowest BCUT2D eigenvalue weighted by Gasteiger charge is -2.24. The Bertz CT molecular complexity index is 480. The molecule has 2 aliphatic rings. The maximum absolute atomic E-state index is 12.0. The van der Waals surface area contributed by atoms with Gasteiger partial charge < -0.3 is 14.9 Å². The van der Waals surface area contributed by atoms with E-state index in [1.54, 1.807) is 0 Å². The molecule has 1 aliphatic heterocycles. The average molecular weight is 350 g/mol. The van der Waals surface area contributed by atoms with Crippen molar-refractivity contribution in [3.63, 3.8) is 0 Å². The monoisotopic (exact) mass is 350 g/mol. The van der Waals surface area contributed by atoms with Crippen LogP contribution in [0.25, 0.3) is 0 Å². The van der Waals surface area contributed by atoms with Crippen LogP contribution in [0.5, 0.6) is 0 Å². The molecule has 0 saturated heterocycles. The number of rotatable bonds is 6. The van der Waals surface area contributed by atoms with Gasteiger partial charge in [0.05, 0.1) is 11.7 Å². The van der Waals surface area contributed by atoms with Crippen molar-refractivity contribution in [1.82, 2.24) is 0 Å². The molecule has 25 heavy (non-hydrogen) atoms. The highest BCUT2D eigenvalue weighted by molar-refractivity contribution is 5.69. The van der Waals surface area contributed by atoms with Crippen LogP contribution in [0.1, 0.15) is 71.6 Å². The predicted molar refractivity (Wildman–Crippen MR) is 99.0 cm³/mol. The number of allylic oxidation sites excluding steroid dienone is 2. The van der Waals surface area contributed by atoms with Crippen LogP contribution in [-0.2, 0) is 9.53 Å². The van der Waals surface area contributed by atoms with Crippen LogP contribution < -0.4 is 0 Å². The summed E-state index contributed by atoms with van der Waals surface area (Å²) < 4.78 is 5.66. The smallest absolute Gasteiger partial charge is 0.306 e. The Hall–Kier alpha value is -1.13. The maximum atomic E-state index is 12.0. The number of esters is 1. The minimum absolute atomic E-state index is 0.0369. The van der Waals surface area contributed by atoms with Gasteiger partial charge in [-0.15, -0.1) is 0 Å². The molecule has 0 radical (unpaired) electrons. The van der Waals surface area contributed by atoms with Crippen LogP contribution >= 0.6 is 0 Å². The third-order valence-electron chi connectivity index (χ3n) is 5.47. The molecule has 2 bridgehead atoms. The Kier molecular flexibility index (Phi) is 7.70. The van der Waals surface area contributed by atoms with Gasteiger partial charge >= 0.3 is 5.97 Å². The van der Waals surface area contributed by atoms with E-state index in [2.05, 4.69) is 19.1 Å². The zero-order valence-corrected chi connectivity index (χ0v) is 15.7. The lowest BCUT2D eigenvalue weighted by atomic mass is 9.88. The van der Waals surface area contributed by atoms with E-state index in [1.165, 1.54) is 0 Å². The molecule has 0 spiro atoms. The third-order valence-corrected chi connectivity index (χ3v) is 5.47. The first kappa shape index (κ1) is 20.2. The van der Waals surface area contributed by atoms with Gasteiger partial charge in [-0.2, -0.15) is 0 Å². The summed E-state index contributed by atoms with van der Waals surface area (Å²) in [6.07, 6.45) is 14.6. The summed E-state index contributed by atoms with van der Waals surface area (Å²) in [4.78, 5) is 12.0. The normalized spacial score (nSPS) is 33.0. The highest BCUT2D eigenvalue weighted by Crippen LogP contribution is 2.39. The Morgan fingerprint density at radius 2 is 2.16 bits per heavy atom. The van der Waals surface area contributed by atoms with Gasteiger partial charge in [-0.05, 0) is 38.5 Å². The summed E-state index contributed by atoms with van der Waals surface area (Å²) in [6, 6.07) is 0. The van der Waals surface area contributed by atoms with Gasteiger partial charge in [-0.1, -0.05) is 50.5 Å². The molecule has 1 heterocycles. The predicted octanol–water partition coefficient (Wildman–Crippen LogP) is 3.91. The third kappa shape index (κ3) is 6.27. The fourth-order valence-electron chi connectivity index (χ4n) is 3.91. The van der Waals surface area contributed by atoms with Crippen molar-refractivity contribution in [1.29, 1.82) is 0 Å². The molecule has 2 N–H and O–H groups in total. The molecule has 1 saturated carbocycles. The first-order valence-electron chi connectivity index (χ1n) is 9.87. The lowest BCUT2D eigenvalue weighted by molar-refractivity contribution is -0.150. The average Bonchev–Trinajstić information content (AvgIpc) is 2.81. The quantitative estimate of drug-likeness (QED) is 0.433. The molecule has 142 valence electrons. The fourth-order valence-corrected chi connectivity index (χ4v) is 3.91. The van der Waals surface area contributed by atoms with Crippen molar-refractivity contribution in [2.75, 3.05) is 0 Å². The van der Waals surface area contributed by atoms with E-state index in [-0.39, 0.29) is 23.9 Å². The van der Waals surface area contributed by atoms with Crippen molar-refractivity contribution in [3.8, 4) is 0 Å². The molecule has 0 aromatic carbocycles. The minimum atomic E-state index is -0.856. The molecular weight excluding hydrogens is 316 g/mol. The summed E-state index contributed by atoms with van der Waals surface area (Å²) in [5, 5.41) is 21.0. The largest absolute Gasteiger partial charge is 0.462 e. The summed E-state index contributed by atoms with van der Waals surface area (Å²) in [6.45, 7) is 3.97. The van der Waals surface area contributed by atoms with Gasteiger partial charge in [0.1, 0.15) is 6.10 Å². The van der Waals surface area contributed by atoms with Gasteiger partial charge in [-0.3, -0.25) is 4.79 Å². The number of fused-ring (bicyclic) bond motifs is 2. The topological polar surface area (TPSA) is 66.8 Å². The molecule has 4 heteroatoms. The lowest BCUT2D eigenvalue weighted by Crippen LogP contribution is -2.26. The number of unbranched alkanes of at least 4 members (excludes halogenated alkanes) is 2. The van der Waals surface area contributed by atoms with Crippen LogP contribution in [0.4, 0.5) is 0 Å². The van der Waals surface area contributed by atoms with Crippen LogP contribution in [0.15, 0.2) is 24.3 Å². The summed E-state index contributed by atoms with van der Waals surface area (Å²) >= 11 is 0. The first-order chi connectivity index (χ1) is 11.9. The molecule has 0 aromatic heterocycles. The standard InChI is InChI=1S/C21H34O4/c1-3-4-9-13-21(2,24)14-12-17-16-10-7-5-6-8-11-20(23)25-19(17)15-18(16)22/h5,7,12,14,16-19,22,24H,3-4,6,8-11,13,15H2,1-2H3/b7-5?,14-12+/t16-,17-,18+,19-,21+/m1/s1.